The van der Waals surface area contributed by atoms with Crippen molar-refractivity contribution in [3.05, 3.63) is 59.7 Å². The SMILES string of the molecule is C#CCN(CCS(=O)(=O)OC)CCS(=O)(=O)Oc1ccc(C(C)(C)c2ccc(OC)cc2)cc1. The fourth-order valence-corrected chi connectivity index (χ4v) is 4.87. The summed E-state index contributed by atoms with van der Waals surface area (Å²) in [4.78, 5) is 1.54. The van der Waals surface area contributed by atoms with Crippen LogP contribution in [0.4, 0.5) is 0 Å². The summed E-state index contributed by atoms with van der Waals surface area (Å²) >= 11 is 0. The standard InChI is InChI=1S/C24H31NO7S2/c1-6-15-25(16-18-33(26,27)31-5)17-19-34(28,29)32-23-13-9-21(10-14-23)24(2,3)20-7-11-22(30-4)12-8-20/h1,7-14H,15-19H2,2-5H3. The zero-order chi connectivity index (χ0) is 25.4. The maximum atomic E-state index is 12.5. The predicted octanol–water partition coefficient (Wildman–Crippen LogP) is 2.64. The zero-order valence-electron chi connectivity index (χ0n) is 19.9. The Morgan fingerprint density at radius 1 is 0.824 bits per heavy atom. The van der Waals surface area contributed by atoms with E-state index in [9.17, 15) is 16.8 Å². The highest BCUT2D eigenvalue weighted by molar-refractivity contribution is 7.87. The average molecular weight is 510 g/mol. The van der Waals surface area contributed by atoms with Crippen molar-refractivity contribution in [2.24, 2.45) is 0 Å². The van der Waals surface area contributed by atoms with Gasteiger partial charge in [-0.1, -0.05) is 44.0 Å². The van der Waals surface area contributed by atoms with Gasteiger partial charge < -0.3 is 8.92 Å². The molecule has 34 heavy (non-hydrogen) atoms. The van der Waals surface area contributed by atoms with Crippen molar-refractivity contribution in [3.63, 3.8) is 0 Å². The molecular weight excluding hydrogens is 478 g/mol. The Hall–Kier alpha value is -2.58. The van der Waals surface area contributed by atoms with Crippen molar-refractivity contribution < 1.29 is 29.9 Å². The number of methoxy groups -OCH3 is 1. The summed E-state index contributed by atoms with van der Waals surface area (Å²) in [6.45, 7) is 4.32. The van der Waals surface area contributed by atoms with Gasteiger partial charge >= 0.3 is 10.1 Å². The maximum Gasteiger partial charge on any atom is 0.310 e. The minimum atomic E-state index is -3.92. The van der Waals surface area contributed by atoms with Gasteiger partial charge in [-0.05, 0) is 35.4 Å². The second-order valence-corrected chi connectivity index (χ2v) is 11.7. The quantitative estimate of drug-likeness (QED) is 0.300. The minimum Gasteiger partial charge on any atom is -0.497 e. The first-order valence-electron chi connectivity index (χ1n) is 10.5. The van der Waals surface area contributed by atoms with Gasteiger partial charge in [0.2, 0.25) is 0 Å². The number of benzene rings is 2. The van der Waals surface area contributed by atoms with Crippen LogP contribution in [0.25, 0.3) is 0 Å². The Morgan fingerprint density at radius 2 is 1.29 bits per heavy atom. The molecule has 0 atom stereocenters. The van der Waals surface area contributed by atoms with Crippen LogP contribution in [-0.2, 0) is 29.8 Å². The molecule has 0 heterocycles. The molecule has 0 aliphatic carbocycles. The van der Waals surface area contributed by atoms with E-state index in [1.54, 1.807) is 19.2 Å². The molecule has 186 valence electrons. The van der Waals surface area contributed by atoms with Gasteiger partial charge in [0.15, 0.2) is 0 Å². The van der Waals surface area contributed by atoms with Crippen LogP contribution in [0.15, 0.2) is 48.5 Å². The highest BCUT2D eigenvalue weighted by Gasteiger charge is 2.24. The van der Waals surface area contributed by atoms with E-state index in [2.05, 4.69) is 24.0 Å². The van der Waals surface area contributed by atoms with Crippen LogP contribution in [0.1, 0.15) is 25.0 Å². The van der Waals surface area contributed by atoms with Gasteiger partial charge in [0.05, 0.1) is 32.3 Å². The Kier molecular flexibility index (Phi) is 9.53. The summed E-state index contributed by atoms with van der Waals surface area (Å²) in [5, 5.41) is 0. The van der Waals surface area contributed by atoms with E-state index in [1.165, 1.54) is 4.90 Å². The van der Waals surface area contributed by atoms with Gasteiger partial charge in [-0.2, -0.15) is 16.8 Å². The Balaban J connectivity index is 2.03. The number of nitrogens with zero attached hydrogens (tertiary/aromatic N) is 1. The van der Waals surface area contributed by atoms with E-state index >= 15 is 0 Å². The molecule has 0 N–H and O–H groups in total. The van der Waals surface area contributed by atoms with Gasteiger partial charge in [0.1, 0.15) is 11.5 Å². The molecule has 0 unspecified atom stereocenters. The number of hydrogen-bond donors (Lipinski definition) is 0. The molecule has 10 heteroatoms. The van der Waals surface area contributed by atoms with Gasteiger partial charge in [0, 0.05) is 18.5 Å². The van der Waals surface area contributed by atoms with Crippen molar-refractivity contribution in [3.8, 4) is 23.8 Å². The van der Waals surface area contributed by atoms with Crippen LogP contribution in [0.3, 0.4) is 0 Å². The zero-order valence-corrected chi connectivity index (χ0v) is 21.5. The largest absolute Gasteiger partial charge is 0.497 e. The van der Waals surface area contributed by atoms with Crippen LogP contribution in [0, 0.1) is 12.3 Å². The van der Waals surface area contributed by atoms with Crippen LogP contribution in [0.2, 0.25) is 0 Å². The topological polar surface area (TPSA) is 99.2 Å². The van der Waals surface area contributed by atoms with E-state index in [-0.39, 0.29) is 42.3 Å². The van der Waals surface area contributed by atoms with E-state index < -0.39 is 20.2 Å². The van der Waals surface area contributed by atoms with Gasteiger partial charge in [0.25, 0.3) is 10.1 Å². The lowest BCUT2D eigenvalue weighted by Crippen LogP contribution is -2.35. The summed E-state index contributed by atoms with van der Waals surface area (Å²) in [5.74, 6) is 2.72. The lowest BCUT2D eigenvalue weighted by Gasteiger charge is -2.26. The van der Waals surface area contributed by atoms with Crippen molar-refractivity contribution in [2.75, 3.05) is 45.4 Å². The van der Waals surface area contributed by atoms with Crippen molar-refractivity contribution in [2.45, 2.75) is 19.3 Å². The lowest BCUT2D eigenvalue weighted by atomic mass is 9.78. The first-order chi connectivity index (χ1) is 15.9. The highest BCUT2D eigenvalue weighted by atomic mass is 32.2. The first kappa shape index (κ1) is 27.7. The number of ether oxygens (including phenoxy) is 1. The molecule has 0 fully saturated rings. The summed E-state index contributed by atoms with van der Waals surface area (Å²) in [6, 6.07) is 14.7. The van der Waals surface area contributed by atoms with E-state index in [0.717, 1.165) is 24.0 Å². The minimum absolute atomic E-state index is 0.0222. The molecular formula is C24H31NO7S2. The molecule has 0 spiro atoms. The van der Waals surface area contributed by atoms with Crippen LogP contribution >= 0.6 is 0 Å². The molecule has 0 saturated heterocycles. The maximum absolute atomic E-state index is 12.5. The summed E-state index contributed by atoms with van der Waals surface area (Å²) in [7, 11) is -4.90. The van der Waals surface area contributed by atoms with E-state index in [4.69, 9.17) is 15.3 Å². The Morgan fingerprint density at radius 3 is 1.74 bits per heavy atom. The fraction of sp³-hybridized carbons (Fsp3) is 0.417. The highest BCUT2D eigenvalue weighted by Crippen LogP contribution is 2.33. The Bertz CT molecular complexity index is 1180. The molecule has 2 aromatic rings. The molecule has 0 aliphatic heterocycles. The van der Waals surface area contributed by atoms with E-state index in [1.807, 2.05) is 36.4 Å². The van der Waals surface area contributed by atoms with Crippen LogP contribution in [0.5, 0.6) is 11.5 Å². The summed E-state index contributed by atoms with van der Waals surface area (Å²) in [5.41, 5.74) is 1.75. The number of terminal acetylenes is 1. The normalized spacial score (nSPS) is 12.4. The average Bonchev–Trinajstić information content (AvgIpc) is 2.81. The van der Waals surface area contributed by atoms with E-state index in [0.29, 0.717) is 0 Å². The molecule has 2 aromatic carbocycles. The number of rotatable bonds is 13. The summed E-state index contributed by atoms with van der Waals surface area (Å²) in [6.07, 6.45) is 5.31. The van der Waals surface area contributed by atoms with Crippen molar-refractivity contribution in [1.29, 1.82) is 0 Å². The molecule has 0 aliphatic rings. The molecule has 0 radical (unpaired) electrons. The fourth-order valence-electron chi connectivity index (χ4n) is 3.25. The van der Waals surface area contributed by atoms with Crippen molar-refractivity contribution >= 4 is 20.2 Å². The third-order valence-electron chi connectivity index (χ3n) is 5.49. The van der Waals surface area contributed by atoms with Crippen LogP contribution in [-0.4, -0.2) is 67.1 Å². The first-order valence-corrected chi connectivity index (χ1v) is 13.7. The second kappa shape index (κ2) is 11.7. The molecule has 0 amide bonds. The molecule has 0 aromatic heterocycles. The lowest BCUT2D eigenvalue weighted by molar-refractivity contribution is 0.330. The van der Waals surface area contributed by atoms with Crippen LogP contribution < -0.4 is 8.92 Å². The monoisotopic (exact) mass is 509 g/mol. The molecule has 8 nitrogen and oxygen atoms in total. The van der Waals surface area contributed by atoms with Gasteiger partial charge in [-0.25, -0.2) is 0 Å². The molecule has 0 saturated carbocycles. The third kappa shape index (κ3) is 8.02. The Labute approximate surface area is 203 Å². The van der Waals surface area contributed by atoms with Crippen molar-refractivity contribution in [1.82, 2.24) is 4.90 Å². The molecule has 2 rings (SSSR count). The van der Waals surface area contributed by atoms with Gasteiger partial charge in [-0.15, -0.1) is 6.42 Å². The molecule has 0 bridgehead atoms. The number of hydrogen-bond acceptors (Lipinski definition) is 8. The van der Waals surface area contributed by atoms with Gasteiger partial charge in [-0.3, -0.25) is 9.08 Å². The smallest absolute Gasteiger partial charge is 0.310 e. The summed E-state index contributed by atoms with van der Waals surface area (Å²) < 4.78 is 62.8. The second-order valence-electron chi connectivity index (χ2n) is 8.13. The predicted molar refractivity (Wildman–Crippen MR) is 132 cm³/mol. The third-order valence-corrected chi connectivity index (χ3v) is 7.81.